The molecule has 0 aromatic rings. The van der Waals surface area contributed by atoms with E-state index < -0.39 is 5.60 Å². The Morgan fingerprint density at radius 2 is 1.94 bits per heavy atom. The molecule has 0 bridgehead atoms. The fraction of sp³-hybridized carbons (Fsp3) is 0.923. The lowest BCUT2D eigenvalue weighted by Gasteiger charge is -2.21. The zero-order valence-electron chi connectivity index (χ0n) is 11.9. The summed E-state index contributed by atoms with van der Waals surface area (Å²) in [6, 6.07) is 0. The van der Waals surface area contributed by atoms with Gasteiger partial charge in [0, 0.05) is 6.54 Å². The third-order valence-corrected chi connectivity index (χ3v) is 2.19. The average molecular weight is 244 g/mol. The fourth-order valence-electron chi connectivity index (χ4n) is 1.29. The van der Waals surface area contributed by atoms with E-state index in [1.165, 1.54) is 12.8 Å². The number of carbonyl (C=O) groups is 1. The number of amides is 1. The van der Waals surface area contributed by atoms with Crippen molar-refractivity contribution in [2.24, 2.45) is 5.92 Å². The molecule has 1 atom stereocenters. The Balaban J connectivity index is 3.55. The maximum Gasteiger partial charge on any atom is 0.407 e. The average Bonchev–Trinajstić information content (AvgIpc) is 2.19. The van der Waals surface area contributed by atoms with E-state index in [0.717, 1.165) is 13.1 Å². The van der Waals surface area contributed by atoms with E-state index >= 15 is 0 Å². The molecule has 0 rings (SSSR count). The highest BCUT2D eigenvalue weighted by molar-refractivity contribution is 5.67. The first-order valence-electron chi connectivity index (χ1n) is 6.52. The molecule has 0 heterocycles. The van der Waals surface area contributed by atoms with Crippen LogP contribution in [-0.2, 0) is 4.74 Å². The van der Waals surface area contributed by atoms with Crippen LogP contribution in [-0.4, -0.2) is 31.3 Å². The predicted molar refractivity (Wildman–Crippen MR) is 71.2 cm³/mol. The summed E-state index contributed by atoms with van der Waals surface area (Å²) in [5.74, 6) is 0.416. The Morgan fingerprint density at radius 1 is 1.29 bits per heavy atom. The van der Waals surface area contributed by atoms with Crippen molar-refractivity contribution in [2.75, 3.05) is 19.6 Å². The van der Waals surface area contributed by atoms with E-state index in [4.69, 9.17) is 4.74 Å². The number of carbonyl (C=O) groups excluding carboxylic acids is 1. The molecule has 0 saturated heterocycles. The lowest BCUT2D eigenvalue weighted by molar-refractivity contribution is 0.0520. The topological polar surface area (TPSA) is 50.4 Å². The van der Waals surface area contributed by atoms with Crippen LogP contribution in [0.3, 0.4) is 0 Å². The first-order chi connectivity index (χ1) is 7.85. The van der Waals surface area contributed by atoms with Crippen molar-refractivity contribution < 1.29 is 9.53 Å². The molecular formula is C13H28N2O2. The summed E-state index contributed by atoms with van der Waals surface area (Å²) in [6.45, 7) is 12.5. The standard InChI is InChI=1S/C13H28N2O2/c1-6-7-8-14-9-11(2)10-15-12(16)17-13(3,4)5/h11,14H,6-10H2,1-5H3,(H,15,16). The number of unbranched alkanes of at least 4 members (excludes halogenated alkanes) is 1. The summed E-state index contributed by atoms with van der Waals surface area (Å²) in [5, 5.41) is 6.14. The molecule has 1 unspecified atom stereocenters. The summed E-state index contributed by atoms with van der Waals surface area (Å²) in [5.41, 5.74) is -0.424. The molecule has 102 valence electrons. The van der Waals surface area contributed by atoms with Crippen LogP contribution >= 0.6 is 0 Å². The van der Waals surface area contributed by atoms with Gasteiger partial charge in [0.15, 0.2) is 0 Å². The van der Waals surface area contributed by atoms with Gasteiger partial charge < -0.3 is 15.4 Å². The van der Waals surface area contributed by atoms with Crippen molar-refractivity contribution in [1.29, 1.82) is 0 Å². The van der Waals surface area contributed by atoms with Gasteiger partial charge in [0.2, 0.25) is 0 Å². The molecule has 0 aromatic heterocycles. The molecule has 4 nitrogen and oxygen atoms in total. The van der Waals surface area contributed by atoms with Crippen LogP contribution in [0.15, 0.2) is 0 Å². The largest absolute Gasteiger partial charge is 0.444 e. The van der Waals surface area contributed by atoms with Gasteiger partial charge in [-0.25, -0.2) is 4.79 Å². The maximum atomic E-state index is 11.4. The van der Waals surface area contributed by atoms with Crippen LogP contribution in [0.4, 0.5) is 4.79 Å². The molecule has 0 spiro atoms. The van der Waals surface area contributed by atoms with Gasteiger partial charge in [0.25, 0.3) is 0 Å². The number of rotatable bonds is 7. The minimum absolute atomic E-state index is 0.335. The van der Waals surface area contributed by atoms with Crippen molar-refractivity contribution in [1.82, 2.24) is 10.6 Å². The number of hydrogen-bond acceptors (Lipinski definition) is 3. The highest BCUT2D eigenvalue weighted by Crippen LogP contribution is 2.06. The van der Waals surface area contributed by atoms with E-state index in [1.807, 2.05) is 20.8 Å². The maximum absolute atomic E-state index is 11.4. The second-order valence-electron chi connectivity index (χ2n) is 5.55. The summed E-state index contributed by atoms with van der Waals surface area (Å²) in [4.78, 5) is 11.4. The SMILES string of the molecule is CCCCNCC(C)CNC(=O)OC(C)(C)C. The summed E-state index contributed by atoms with van der Waals surface area (Å²) in [7, 11) is 0. The van der Waals surface area contributed by atoms with Crippen LogP contribution in [0.5, 0.6) is 0 Å². The lowest BCUT2D eigenvalue weighted by Crippen LogP contribution is -2.37. The van der Waals surface area contributed by atoms with Crippen molar-refractivity contribution in [3.8, 4) is 0 Å². The third-order valence-electron chi connectivity index (χ3n) is 2.19. The smallest absolute Gasteiger partial charge is 0.407 e. The number of alkyl carbamates (subject to hydrolysis) is 1. The lowest BCUT2D eigenvalue weighted by atomic mass is 10.2. The summed E-state index contributed by atoms with van der Waals surface area (Å²) in [6.07, 6.45) is 2.07. The molecule has 0 radical (unpaired) electrons. The van der Waals surface area contributed by atoms with Crippen molar-refractivity contribution >= 4 is 6.09 Å². The Kier molecular flexibility index (Phi) is 7.96. The van der Waals surface area contributed by atoms with Crippen LogP contribution in [0.2, 0.25) is 0 Å². The van der Waals surface area contributed by atoms with E-state index in [1.54, 1.807) is 0 Å². The van der Waals surface area contributed by atoms with Gasteiger partial charge in [-0.05, 0) is 46.2 Å². The Labute approximate surface area is 105 Å². The molecule has 17 heavy (non-hydrogen) atoms. The molecule has 0 aromatic carbocycles. The van der Waals surface area contributed by atoms with E-state index in [9.17, 15) is 4.79 Å². The van der Waals surface area contributed by atoms with Gasteiger partial charge in [0.05, 0.1) is 0 Å². The van der Waals surface area contributed by atoms with Crippen LogP contribution in [0.25, 0.3) is 0 Å². The normalized spacial score (nSPS) is 13.2. The molecule has 4 heteroatoms. The molecule has 0 aliphatic heterocycles. The first-order valence-corrected chi connectivity index (χ1v) is 6.52. The van der Waals surface area contributed by atoms with Gasteiger partial charge in [0.1, 0.15) is 5.60 Å². The highest BCUT2D eigenvalue weighted by atomic mass is 16.6. The van der Waals surface area contributed by atoms with E-state index in [2.05, 4.69) is 24.5 Å². The molecule has 1 amide bonds. The van der Waals surface area contributed by atoms with Crippen molar-refractivity contribution in [3.63, 3.8) is 0 Å². The van der Waals surface area contributed by atoms with Crippen LogP contribution in [0, 0.1) is 5.92 Å². The number of hydrogen-bond donors (Lipinski definition) is 2. The zero-order chi connectivity index (χ0) is 13.3. The second-order valence-corrected chi connectivity index (χ2v) is 5.55. The fourth-order valence-corrected chi connectivity index (χ4v) is 1.29. The van der Waals surface area contributed by atoms with E-state index in [0.29, 0.717) is 12.5 Å². The monoisotopic (exact) mass is 244 g/mol. The molecule has 2 N–H and O–H groups in total. The quantitative estimate of drug-likeness (QED) is 0.677. The Morgan fingerprint density at radius 3 is 2.47 bits per heavy atom. The minimum Gasteiger partial charge on any atom is -0.444 e. The molecule has 0 aliphatic rings. The summed E-state index contributed by atoms with van der Waals surface area (Å²) < 4.78 is 5.16. The van der Waals surface area contributed by atoms with Gasteiger partial charge in [-0.1, -0.05) is 20.3 Å². The van der Waals surface area contributed by atoms with Crippen LogP contribution < -0.4 is 10.6 Å². The Bertz CT molecular complexity index is 212. The second kappa shape index (κ2) is 8.34. The summed E-state index contributed by atoms with van der Waals surface area (Å²) >= 11 is 0. The number of ether oxygens (including phenoxy) is 1. The van der Waals surface area contributed by atoms with E-state index in [-0.39, 0.29) is 6.09 Å². The number of nitrogens with one attached hydrogen (secondary N) is 2. The van der Waals surface area contributed by atoms with Gasteiger partial charge in [-0.15, -0.1) is 0 Å². The zero-order valence-corrected chi connectivity index (χ0v) is 11.9. The van der Waals surface area contributed by atoms with Crippen molar-refractivity contribution in [3.05, 3.63) is 0 Å². The van der Waals surface area contributed by atoms with Crippen LogP contribution in [0.1, 0.15) is 47.5 Å². The highest BCUT2D eigenvalue weighted by Gasteiger charge is 2.16. The molecule has 0 fully saturated rings. The van der Waals surface area contributed by atoms with Gasteiger partial charge in [-0.3, -0.25) is 0 Å². The minimum atomic E-state index is -0.424. The third kappa shape index (κ3) is 11.5. The molecular weight excluding hydrogens is 216 g/mol. The van der Waals surface area contributed by atoms with Gasteiger partial charge >= 0.3 is 6.09 Å². The Hall–Kier alpha value is -0.770. The van der Waals surface area contributed by atoms with Gasteiger partial charge in [-0.2, -0.15) is 0 Å². The molecule has 0 aliphatic carbocycles. The van der Waals surface area contributed by atoms with Crippen molar-refractivity contribution in [2.45, 2.75) is 53.1 Å². The molecule has 0 saturated carbocycles. The first kappa shape index (κ1) is 16.2. The predicted octanol–water partition coefficient (Wildman–Crippen LogP) is 2.54.